The van der Waals surface area contributed by atoms with Crippen molar-refractivity contribution in [3.05, 3.63) is 27.7 Å². The summed E-state index contributed by atoms with van der Waals surface area (Å²) in [6.07, 6.45) is 2.59. The van der Waals surface area contributed by atoms with Crippen molar-refractivity contribution in [2.24, 2.45) is 5.92 Å². The second kappa shape index (κ2) is 5.61. The maximum Gasteiger partial charge on any atom is 0.250 e. The van der Waals surface area contributed by atoms with Gasteiger partial charge in [-0.2, -0.15) is 0 Å². The van der Waals surface area contributed by atoms with Gasteiger partial charge >= 0.3 is 0 Å². The molecule has 0 radical (unpaired) electrons. The molecule has 1 aromatic carbocycles. The molecule has 6 heteroatoms. The highest BCUT2D eigenvalue weighted by Crippen LogP contribution is 2.37. The number of halogens is 2. The molecule has 1 aliphatic carbocycles. The Kier molecular flexibility index (Phi) is 3.97. The quantitative estimate of drug-likeness (QED) is 0.887. The lowest BCUT2D eigenvalue weighted by molar-refractivity contribution is -0.134. The summed E-state index contributed by atoms with van der Waals surface area (Å²) in [4.78, 5) is 26.7. The summed E-state index contributed by atoms with van der Waals surface area (Å²) in [5.74, 6) is 0.204. The number of anilines is 1. The van der Waals surface area contributed by atoms with Gasteiger partial charge in [0.1, 0.15) is 12.1 Å². The molecule has 1 heterocycles. The fraction of sp³-hybridized carbons (Fsp3) is 0.467. The van der Waals surface area contributed by atoms with E-state index in [9.17, 15) is 9.59 Å². The van der Waals surface area contributed by atoms with Gasteiger partial charge in [0, 0.05) is 10.2 Å². The normalized spacial score (nSPS) is 26.0. The van der Waals surface area contributed by atoms with Crippen molar-refractivity contribution in [1.29, 1.82) is 0 Å². The third kappa shape index (κ3) is 2.69. The number of carbonyl (C=O) groups is 2. The zero-order valence-corrected chi connectivity index (χ0v) is 13.9. The van der Waals surface area contributed by atoms with E-state index >= 15 is 0 Å². The molecule has 1 saturated carbocycles. The van der Waals surface area contributed by atoms with Crippen LogP contribution in [0.2, 0.25) is 5.02 Å². The molecular weight excluding hydrogens is 356 g/mol. The summed E-state index contributed by atoms with van der Waals surface area (Å²) in [5, 5.41) is 3.47. The van der Waals surface area contributed by atoms with Crippen LogP contribution in [-0.2, 0) is 9.59 Å². The summed E-state index contributed by atoms with van der Waals surface area (Å²) in [6, 6.07) is 4.48. The fourth-order valence-corrected chi connectivity index (χ4v) is 3.28. The average molecular weight is 372 g/mol. The van der Waals surface area contributed by atoms with E-state index < -0.39 is 6.04 Å². The van der Waals surface area contributed by atoms with Crippen LogP contribution in [0.3, 0.4) is 0 Å². The van der Waals surface area contributed by atoms with Gasteiger partial charge in [-0.15, -0.1) is 0 Å². The zero-order chi connectivity index (χ0) is 15.1. The summed E-state index contributed by atoms with van der Waals surface area (Å²) in [7, 11) is 0. The molecule has 21 heavy (non-hydrogen) atoms. The number of amides is 2. The van der Waals surface area contributed by atoms with Gasteiger partial charge in [-0.25, -0.2) is 0 Å². The first-order chi connectivity index (χ1) is 10.0. The minimum Gasteiger partial charge on any atom is -0.342 e. The van der Waals surface area contributed by atoms with Crippen LogP contribution in [0.5, 0.6) is 0 Å². The van der Waals surface area contributed by atoms with E-state index in [2.05, 4.69) is 21.2 Å². The van der Waals surface area contributed by atoms with Gasteiger partial charge in [-0.1, -0.05) is 18.5 Å². The minimum atomic E-state index is -0.458. The van der Waals surface area contributed by atoms with Crippen molar-refractivity contribution in [2.45, 2.75) is 38.3 Å². The monoisotopic (exact) mass is 370 g/mol. The Bertz CT molecular complexity index is 603. The fourth-order valence-electron chi connectivity index (χ4n) is 2.79. The predicted octanol–water partition coefficient (Wildman–Crippen LogP) is 3.12. The van der Waals surface area contributed by atoms with Crippen LogP contribution >= 0.6 is 27.5 Å². The average Bonchev–Trinajstić information content (AvgIpc) is 3.28. The van der Waals surface area contributed by atoms with Gasteiger partial charge in [0.25, 0.3) is 5.91 Å². The molecule has 0 aromatic heterocycles. The van der Waals surface area contributed by atoms with Gasteiger partial charge in [0.15, 0.2) is 0 Å². The Balaban J connectivity index is 1.99. The summed E-state index contributed by atoms with van der Waals surface area (Å²) in [6.45, 7) is 1.91. The van der Waals surface area contributed by atoms with Crippen LogP contribution in [0.25, 0.3) is 0 Å². The first-order valence-corrected chi connectivity index (χ1v) is 8.28. The Morgan fingerprint density at radius 1 is 1.38 bits per heavy atom. The molecular formula is C15H16BrClN2O2. The van der Waals surface area contributed by atoms with Crippen LogP contribution in [0, 0.1) is 5.92 Å². The predicted molar refractivity (Wildman–Crippen MR) is 85.4 cm³/mol. The highest BCUT2D eigenvalue weighted by molar-refractivity contribution is 9.10. The molecule has 0 spiro atoms. The van der Waals surface area contributed by atoms with E-state index in [1.807, 2.05) is 6.92 Å². The van der Waals surface area contributed by atoms with Gasteiger partial charge in [-0.05, 0) is 59.3 Å². The lowest BCUT2D eigenvalue weighted by Gasteiger charge is -2.39. The van der Waals surface area contributed by atoms with Crippen LogP contribution in [0.1, 0.15) is 26.2 Å². The molecule has 2 amide bonds. The van der Waals surface area contributed by atoms with Crippen LogP contribution in [-0.4, -0.2) is 23.9 Å². The number of hydrogen-bond acceptors (Lipinski definition) is 2. The molecule has 1 N–H and O–H groups in total. The lowest BCUT2D eigenvalue weighted by atomic mass is 10.0. The molecule has 0 bridgehead atoms. The van der Waals surface area contributed by atoms with Gasteiger partial charge in [0.2, 0.25) is 5.91 Å². The highest BCUT2D eigenvalue weighted by Gasteiger charge is 2.46. The molecule has 2 fully saturated rings. The van der Waals surface area contributed by atoms with Crippen molar-refractivity contribution in [3.8, 4) is 0 Å². The van der Waals surface area contributed by atoms with E-state index in [0.717, 1.165) is 17.3 Å². The Hall–Kier alpha value is -1.07. The van der Waals surface area contributed by atoms with Crippen LogP contribution in [0.4, 0.5) is 5.69 Å². The molecule has 112 valence electrons. The van der Waals surface area contributed by atoms with E-state index in [0.29, 0.717) is 17.1 Å². The largest absolute Gasteiger partial charge is 0.342 e. The van der Waals surface area contributed by atoms with Crippen molar-refractivity contribution < 1.29 is 9.59 Å². The molecule has 2 aliphatic rings. The smallest absolute Gasteiger partial charge is 0.250 e. The minimum absolute atomic E-state index is 0.0156. The van der Waals surface area contributed by atoms with Crippen molar-refractivity contribution in [1.82, 2.24) is 5.32 Å². The number of piperazine rings is 1. The van der Waals surface area contributed by atoms with Crippen molar-refractivity contribution in [2.75, 3.05) is 4.90 Å². The number of nitrogens with one attached hydrogen (secondary N) is 1. The Labute approximate surface area is 137 Å². The van der Waals surface area contributed by atoms with Gasteiger partial charge in [-0.3, -0.25) is 14.5 Å². The van der Waals surface area contributed by atoms with E-state index in [-0.39, 0.29) is 23.8 Å². The second-order valence-electron chi connectivity index (χ2n) is 5.55. The third-order valence-electron chi connectivity index (χ3n) is 4.08. The zero-order valence-electron chi connectivity index (χ0n) is 11.6. The Morgan fingerprint density at radius 3 is 2.67 bits per heavy atom. The van der Waals surface area contributed by atoms with Crippen molar-refractivity contribution >= 4 is 45.0 Å². The van der Waals surface area contributed by atoms with Crippen LogP contribution < -0.4 is 10.2 Å². The third-order valence-corrected chi connectivity index (χ3v) is 5.29. The standard InChI is InChI=1S/C15H16BrClN2O2/c1-2-12-14(20)18-13(8-3-4-8)15(21)19(12)9-5-6-11(17)10(16)7-9/h5-8,12-13H,2-4H2,1H3,(H,18,20). The number of hydrogen-bond donors (Lipinski definition) is 1. The molecule has 4 nitrogen and oxygen atoms in total. The maximum atomic E-state index is 12.8. The van der Waals surface area contributed by atoms with Crippen LogP contribution in [0.15, 0.2) is 22.7 Å². The van der Waals surface area contributed by atoms with E-state index in [1.165, 1.54) is 0 Å². The number of carbonyl (C=O) groups excluding carboxylic acids is 2. The highest BCUT2D eigenvalue weighted by atomic mass is 79.9. The topological polar surface area (TPSA) is 49.4 Å². The number of rotatable bonds is 3. The first kappa shape index (κ1) is 14.9. The number of nitrogens with zero attached hydrogens (tertiary/aromatic N) is 1. The molecule has 2 atom stereocenters. The van der Waals surface area contributed by atoms with Gasteiger partial charge in [0.05, 0.1) is 5.02 Å². The first-order valence-electron chi connectivity index (χ1n) is 7.11. The lowest BCUT2D eigenvalue weighted by Crippen LogP contribution is -2.64. The molecule has 3 rings (SSSR count). The second-order valence-corrected chi connectivity index (χ2v) is 6.82. The van der Waals surface area contributed by atoms with Gasteiger partial charge < -0.3 is 5.32 Å². The van der Waals surface area contributed by atoms with E-state index in [1.54, 1.807) is 23.1 Å². The summed E-state index contributed by atoms with van der Waals surface area (Å²) < 4.78 is 0.721. The molecule has 1 aliphatic heterocycles. The van der Waals surface area contributed by atoms with E-state index in [4.69, 9.17) is 11.6 Å². The summed E-state index contributed by atoms with van der Waals surface area (Å²) in [5.41, 5.74) is 0.712. The molecule has 1 saturated heterocycles. The SMILES string of the molecule is CCC1C(=O)NC(C2CC2)C(=O)N1c1ccc(Cl)c(Br)c1. The molecule has 2 unspecified atom stereocenters. The number of benzene rings is 1. The Morgan fingerprint density at radius 2 is 2.10 bits per heavy atom. The maximum absolute atomic E-state index is 12.8. The van der Waals surface area contributed by atoms with Crippen molar-refractivity contribution in [3.63, 3.8) is 0 Å². The summed E-state index contributed by atoms with van der Waals surface area (Å²) >= 11 is 9.39. The molecule has 1 aromatic rings.